The van der Waals surface area contributed by atoms with Crippen molar-refractivity contribution in [3.8, 4) is 0 Å². The van der Waals surface area contributed by atoms with Crippen LogP contribution in [0.15, 0.2) is 27.4 Å². The number of nitrogens with zero attached hydrogens (tertiary/aromatic N) is 1. The molecule has 0 unspecified atom stereocenters. The van der Waals surface area contributed by atoms with E-state index in [0.717, 1.165) is 29.7 Å². The Morgan fingerprint density at radius 3 is 2.77 bits per heavy atom. The van der Waals surface area contributed by atoms with Gasteiger partial charge in [0.05, 0.1) is 0 Å². The minimum absolute atomic E-state index is 0.163. The average Bonchev–Trinajstić information content (AvgIpc) is 2.12. The van der Waals surface area contributed by atoms with Crippen molar-refractivity contribution in [3.05, 3.63) is 22.4 Å². The topological polar surface area (TPSA) is 58.6 Å². The van der Waals surface area contributed by atoms with E-state index in [1.165, 1.54) is 5.57 Å². The summed E-state index contributed by atoms with van der Waals surface area (Å²) in [7, 11) is 0. The summed E-state index contributed by atoms with van der Waals surface area (Å²) in [6.07, 6.45) is 3.64. The number of allylic oxidation sites excluding steroid dienone is 4. The molecule has 0 atom stereocenters. The number of hydrogen-bond donors (Lipinski definition) is 2. The largest absolute Gasteiger partial charge is 0.402 e. The van der Waals surface area contributed by atoms with Crippen molar-refractivity contribution in [1.82, 2.24) is 0 Å². The molecule has 13 heavy (non-hydrogen) atoms. The zero-order chi connectivity index (χ0) is 9.84. The first-order chi connectivity index (χ1) is 6.16. The van der Waals surface area contributed by atoms with Gasteiger partial charge >= 0.3 is 0 Å². The molecule has 72 valence electrons. The van der Waals surface area contributed by atoms with Crippen LogP contribution in [0, 0.1) is 0 Å². The maximum atomic E-state index is 8.57. The molecule has 0 aliphatic heterocycles. The molecule has 3 heteroatoms. The van der Waals surface area contributed by atoms with Crippen molar-refractivity contribution in [2.45, 2.75) is 26.7 Å². The van der Waals surface area contributed by atoms with Crippen LogP contribution >= 0.6 is 0 Å². The molecular formula is C10H16N2O. The SMILES string of the molecule is CC1=C(C=NCO)C(C)=C(N)CC1. The third-order valence-electron chi connectivity index (χ3n) is 2.42. The van der Waals surface area contributed by atoms with Crippen molar-refractivity contribution in [2.75, 3.05) is 6.73 Å². The molecular weight excluding hydrogens is 164 g/mol. The van der Waals surface area contributed by atoms with Crippen molar-refractivity contribution in [1.29, 1.82) is 0 Å². The molecule has 0 spiro atoms. The second-order valence-electron chi connectivity index (χ2n) is 3.30. The maximum Gasteiger partial charge on any atom is 0.134 e. The fraction of sp³-hybridized carbons (Fsp3) is 0.500. The van der Waals surface area contributed by atoms with Crippen LogP contribution in [-0.4, -0.2) is 18.1 Å². The highest BCUT2D eigenvalue weighted by atomic mass is 16.3. The van der Waals surface area contributed by atoms with Gasteiger partial charge in [-0.05, 0) is 37.8 Å². The van der Waals surface area contributed by atoms with Gasteiger partial charge in [-0.15, -0.1) is 0 Å². The zero-order valence-electron chi connectivity index (χ0n) is 8.17. The van der Waals surface area contributed by atoms with E-state index in [1.807, 2.05) is 6.92 Å². The lowest BCUT2D eigenvalue weighted by atomic mass is 9.91. The third-order valence-corrected chi connectivity index (χ3v) is 2.42. The molecule has 3 nitrogen and oxygen atoms in total. The highest BCUT2D eigenvalue weighted by Gasteiger charge is 2.12. The van der Waals surface area contributed by atoms with Crippen LogP contribution in [0.1, 0.15) is 26.7 Å². The first-order valence-electron chi connectivity index (χ1n) is 4.43. The standard InChI is InChI=1S/C10H16N2O/c1-7-3-4-10(11)8(2)9(7)5-12-6-13/h5,13H,3-4,6,11H2,1-2H3. The summed E-state index contributed by atoms with van der Waals surface area (Å²) in [5.74, 6) is 0. The van der Waals surface area contributed by atoms with Crippen LogP contribution < -0.4 is 5.73 Å². The molecule has 0 saturated heterocycles. The molecule has 1 rings (SSSR count). The second-order valence-corrected chi connectivity index (χ2v) is 3.30. The number of rotatable bonds is 2. The fourth-order valence-corrected chi connectivity index (χ4v) is 1.48. The summed E-state index contributed by atoms with van der Waals surface area (Å²) in [5, 5.41) is 8.57. The number of aliphatic hydroxyl groups is 1. The van der Waals surface area contributed by atoms with Gasteiger partial charge in [0, 0.05) is 11.9 Å². The highest BCUT2D eigenvalue weighted by molar-refractivity contribution is 5.86. The van der Waals surface area contributed by atoms with Crippen molar-refractivity contribution in [2.24, 2.45) is 10.7 Å². The molecule has 0 bridgehead atoms. The molecule has 0 fully saturated rings. The lowest BCUT2D eigenvalue weighted by Crippen LogP contribution is -2.10. The van der Waals surface area contributed by atoms with Gasteiger partial charge in [-0.3, -0.25) is 4.99 Å². The third kappa shape index (κ3) is 2.18. The van der Waals surface area contributed by atoms with E-state index in [2.05, 4.69) is 11.9 Å². The number of nitrogens with two attached hydrogens (primary N) is 1. The lowest BCUT2D eigenvalue weighted by Gasteiger charge is -2.17. The Bertz CT molecular complexity index is 287. The predicted molar refractivity (Wildman–Crippen MR) is 54.4 cm³/mol. The summed E-state index contributed by atoms with van der Waals surface area (Å²) >= 11 is 0. The van der Waals surface area contributed by atoms with Crippen molar-refractivity contribution in [3.63, 3.8) is 0 Å². The van der Waals surface area contributed by atoms with Crippen LogP contribution in [0.25, 0.3) is 0 Å². The quantitative estimate of drug-likeness (QED) is 0.630. The number of hydrogen-bond acceptors (Lipinski definition) is 3. The van der Waals surface area contributed by atoms with Gasteiger partial charge in [0.2, 0.25) is 0 Å². The highest BCUT2D eigenvalue weighted by Crippen LogP contribution is 2.26. The average molecular weight is 180 g/mol. The maximum absolute atomic E-state index is 8.57. The molecule has 1 aliphatic rings. The van der Waals surface area contributed by atoms with Gasteiger partial charge in [-0.25, -0.2) is 0 Å². The van der Waals surface area contributed by atoms with Gasteiger partial charge in [-0.2, -0.15) is 0 Å². The van der Waals surface area contributed by atoms with Crippen molar-refractivity contribution < 1.29 is 5.11 Å². The van der Waals surface area contributed by atoms with Crippen molar-refractivity contribution >= 4 is 6.21 Å². The smallest absolute Gasteiger partial charge is 0.134 e. The van der Waals surface area contributed by atoms with E-state index >= 15 is 0 Å². The zero-order valence-corrected chi connectivity index (χ0v) is 8.17. The Balaban J connectivity index is 2.96. The van der Waals surface area contributed by atoms with Gasteiger partial charge in [-0.1, -0.05) is 5.57 Å². The van der Waals surface area contributed by atoms with Crippen LogP contribution in [0.3, 0.4) is 0 Å². The van der Waals surface area contributed by atoms with Gasteiger partial charge in [0.25, 0.3) is 0 Å². The number of aliphatic imine (C=N–C) groups is 1. The lowest BCUT2D eigenvalue weighted by molar-refractivity contribution is 0.310. The van der Waals surface area contributed by atoms with E-state index < -0.39 is 0 Å². The van der Waals surface area contributed by atoms with Crippen LogP contribution in [0.2, 0.25) is 0 Å². The van der Waals surface area contributed by atoms with Crippen LogP contribution in [-0.2, 0) is 0 Å². The molecule has 0 aromatic carbocycles. The van der Waals surface area contributed by atoms with E-state index in [9.17, 15) is 0 Å². The molecule has 0 saturated carbocycles. The van der Waals surface area contributed by atoms with Gasteiger partial charge in [0.1, 0.15) is 6.73 Å². The Hall–Kier alpha value is -1.09. The molecule has 0 aromatic rings. The number of aliphatic hydroxyl groups excluding tert-OH is 1. The minimum atomic E-state index is -0.163. The van der Waals surface area contributed by atoms with E-state index in [-0.39, 0.29) is 6.73 Å². The summed E-state index contributed by atoms with van der Waals surface area (Å²) in [4.78, 5) is 3.81. The van der Waals surface area contributed by atoms with Crippen LogP contribution in [0.5, 0.6) is 0 Å². The summed E-state index contributed by atoms with van der Waals surface area (Å²) in [6, 6.07) is 0. The summed E-state index contributed by atoms with van der Waals surface area (Å²) in [5.41, 5.74) is 10.2. The molecule has 1 aliphatic carbocycles. The fourth-order valence-electron chi connectivity index (χ4n) is 1.48. The Kier molecular flexibility index (Phi) is 3.25. The first-order valence-corrected chi connectivity index (χ1v) is 4.43. The Morgan fingerprint density at radius 1 is 1.46 bits per heavy atom. The second kappa shape index (κ2) is 4.23. The van der Waals surface area contributed by atoms with Gasteiger partial charge < -0.3 is 10.8 Å². The molecule has 0 amide bonds. The first kappa shape index (κ1) is 9.99. The van der Waals surface area contributed by atoms with E-state index in [1.54, 1.807) is 6.21 Å². The van der Waals surface area contributed by atoms with Gasteiger partial charge in [0.15, 0.2) is 0 Å². The molecule has 3 N–H and O–H groups in total. The minimum Gasteiger partial charge on any atom is -0.402 e. The van der Waals surface area contributed by atoms with E-state index in [0.29, 0.717) is 0 Å². The van der Waals surface area contributed by atoms with Crippen LogP contribution in [0.4, 0.5) is 0 Å². The Morgan fingerprint density at radius 2 is 2.15 bits per heavy atom. The summed E-state index contributed by atoms with van der Waals surface area (Å²) in [6.45, 7) is 3.91. The molecule has 0 aromatic heterocycles. The molecule has 0 radical (unpaired) electrons. The molecule has 0 heterocycles. The Labute approximate surface area is 78.7 Å². The predicted octanol–water partition coefficient (Wildman–Crippen LogP) is 1.35. The summed E-state index contributed by atoms with van der Waals surface area (Å²) < 4.78 is 0. The van der Waals surface area contributed by atoms with E-state index in [4.69, 9.17) is 10.8 Å². The normalized spacial score (nSPS) is 19.0. The monoisotopic (exact) mass is 180 g/mol.